The van der Waals surface area contributed by atoms with Gasteiger partial charge in [-0.3, -0.25) is 0 Å². The molecule has 0 aromatic rings. The largest absolute Gasteiger partial charge is 0.383 e. The summed E-state index contributed by atoms with van der Waals surface area (Å²) in [4.78, 5) is 0. The van der Waals surface area contributed by atoms with E-state index >= 15 is 0 Å². The van der Waals surface area contributed by atoms with Gasteiger partial charge in [0.05, 0.1) is 6.61 Å². The fourth-order valence-corrected chi connectivity index (χ4v) is 2.69. The van der Waals surface area contributed by atoms with Crippen molar-refractivity contribution in [3.8, 4) is 0 Å². The van der Waals surface area contributed by atoms with Gasteiger partial charge >= 0.3 is 0 Å². The molecule has 0 bridgehead atoms. The Morgan fingerprint density at radius 2 is 1.93 bits per heavy atom. The molecule has 0 aliphatic heterocycles. The Labute approximate surface area is 88.4 Å². The number of hydrogen-bond donors (Lipinski definition) is 1. The van der Waals surface area contributed by atoms with Gasteiger partial charge in [0.25, 0.3) is 0 Å². The highest BCUT2D eigenvalue weighted by atomic mass is 16.5. The molecule has 1 saturated carbocycles. The van der Waals surface area contributed by atoms with Crippen LogP contribution < -0.4 is 5.32 Å². The smallest absolute Gasteiger partial charge is 0.0613 e. The standard InChI is InChI=1S/C12H25NO/c1-10(9-14-4)13-12(2,3)11-7-5-6-8-11/h10-11,13H,5-9H2,1-4H3. The van der Waals surface area contributed by atoms with Crippen molar-refractivity contribution < 1.29 is 4.74 Å². The maximum Gasteiger partial charge on any atom is 0.0613 e. The predicted molar refractivity (Wildman–Crippen MR) is 60.5 cm³/mol. The van der Waals surface area contributed by atoms with Crippen molar-refractivity contribution in [3.05, 3.63) is 0 Å². The van der Waals surface area contributed by atoms with E-state index in [1.165, 1.54) is 25.7 Å². The zero-order valence-corrected chi connectivity index (χ0v) is 10.1. The summed E-state index contributed by atoms with van der Waals surface area (Å²) in [6.07, 6.45) is 5.60. The molecular formula is C12H25NO. The maximum atomic E-state index is 5.15. The van der Waals surface area contributed by atoms with Crippen molar-refractivity contribution in [1.82, 2.24) is 5.32 Å². The third kappa shape index (κ3) is 3.25. The van der Waals surface area contributed by atoms with Crippen LogP contribution in [0.3, 0.4) is 0 Å². The molecule has 1 atom stereocenters. The second-order valence-corrected chi connectivity index (χ2v) is 5.20. The summed E-state index contributed by atoms with van der Waals surface area (Å²) < 4.78 is 5.15. The molecular weight excluding hydrogens is 174 g/mol. The zero-order chi connectivity index (χ0) is 10.6. The minimum atomic E-state index is 0.272. The Bertz CT molecular complexity index is 162. The fraction of sp³-hybridized carbons (Fsp3) is 1.00. The summed E-state index contributed by atoms with van der Waals surface area (Å²) in [6.45, 7) is 7.65. The Kier molecular flexibility index (Phi) is 4.39. The molecule has 1 fully saturated rings. The third-order valence-corrected chi connectivity index (χ3v) is 3.41. The third-order valence-electron chi connectivity index (χ3n) is 3.41. The van der Waals surface area contributed by atoms with Crippen molar-refractivity contribution in [2.24, 2.45) is 5.92 Å². The first-order valence-electron chi connectivity index (χ1n) is 5.83. The monoisotopic (exact) mass is 199 g/mol. The number of rotatable bonds is 5. The Balaban J connectivity index is 2.39. The van der Waals surface area contributed by atoms with E-state index in [4.69, 9.17) is 4.74 Å². The van der Waals surface area contributed by atoms with Crippen LogP contribution in [0.2, 0.25) is 0 Å². The quantitative estimate of drug-likeness (QED) is 0.735. The van der Waals surface area contributed by atoms with Gasteiger partial charge in [-0.2, -0.15) is 0 Å². The average molecular weight is 199 g/mol. The lowest BCUT2D eigenvalue weighted by molar-refractivity contribution is 0.140. The van der Waals surface area contributed by atoms with Crippen LogP contribution in [0.4, 0.5) is 0 Å². The molecule has 1 aliphatic carbocycles. The molecule has 0 radical (unpaired) electrons. The maximum absolute atomic E-state index is 5.15. The number of nitrogens with one attached hydrogen (secondary N) is 1. The van der Waals surface area contributed by atoms with Crippen LogP contribution >= 0.6 is 0 Å². The summed E-state index contributed by atoms with van der Waals surface area (Å²) >= 11 is 0. The van der Waals surface area contributed by atoms with Gasteiger partial charge in [-0.1, -0.05) is 12.8 Å². The second kappa shape index (κ2) is 5.13. The fourth-order valence-electron chi connectivity index (χ4n) is 2.69. The lowest BCUT2D eigenvalue weighted by atomic mass is 9.85. The van der Waals surface area contributed by atoms with E-state index in [-0.39, 0.29) is 5.54 Å². The number of ether oxygens (including phenoxy) is 1. The normalized spacial score (nSPS) is 21.4. The van der Waals surface area contributed by atoms with Gasteiger partial charge in [0.2, 0.25) is 0 Å². The van der Waals surface area contributed by atoms with Crippen LogP contribution in [-0.4, -0.2) is 25.3 Å². The summed E-state index contributed by atoms with van der Waals surface area (Å²) in [7, 11) is 1.76. The Hall–Kier alpha value is -0.0800. The molecule has 1 rings (SSSR count). The molecule has 0 spiro atoms. The van der Waals surface area contributed by atoms with Crippen LogP contribution in [-0.2, 0) is 4.74 Å². The predicted octanol–water partition coefficient (Wildman–Crippen LogP) is 2.58. The molecule has 0 heterocycles. The van der Waals surface area contributed by atoms with E-state index < -0.39 is 0 Å². The zero-order valence-electron chi connectivity index (χ0n) is 10.1. The summed E-state index contributed by atoms with van der Waals surface area (Å²) in [5.41, 5.74) is 0.272. The minimum Gasteiger partial charge on any atom is -0.383 e. The average Bonchev–Trinajstić information content (AvgIpc) is 2.54. The van der Waals surface area contributed by atoms with Crippen molar-refractivity contribution in [1.29, 1.82) is 0 Å². The molecule has 0 amide bonds. The van der Waals surface area contributed by atoms with Crippen molar-refractivity contribution in [3.63, 3.8) is 0 Å². The van der Waals surface area contributed by atoms with Crippen LogP contribution in [0.5, 0.6) is 0 Å². The lowest BCUT2D eigenvalue weighted by Gasteiger charge is -2.35. The molecule has 1 aliphatic rings. The van der Waals surface area contributed by atoms with E-state index in [0.29, 0.717) is 6.04 Å². The first kappa shape index (κ1) is 12.0. The van der Waals surface area contributed by atoms with E-state index in [1.54, 1.807) is 7.11 Å². The van der Waals surface area contributed by atoms with Crippen molar-refractivity contribution in [2.45, 2.75) is 58.0 Å². The summed E-state index contributed by atoms with van der Waals surface area (Å²) in [6, 6.07) is 0.454. The van der Waals surface area contributed by atoms with E-state index in [9.17, 15) is 0 Å². The van der Waals surface area contributed by atoms with Gasteiger partial charge in [-0.15, -0.1) is 0 Å². The van der Waals surface area contributed by atoms with E-state index in [2.05, 4.69) is 26.1 Å². The molecule has 0 aromatic carbocycles. The van der Waals surface area contributed by atoms with E-state index in [1.807, 2.05) is 0 Å². The molecule has 2 heteroatoms. The molecule has 1 unspecified atom stereocenters. The van der Waals surface area contributed by atoms with Crippen molar-refractivity contribution in [2.75, 3.05) is 13.7 Å². The van der Waals surface area contributed by atoms with Gasteiger partial charge in [0.1, 0.15) is 0 Å². The first-order valence-corrected chi connectivity index (χ1v) is 5.83. The Morgan fingerprint density at radius 3 is 2.43 bits per heavy atom. The number of methoxy groups -OCH3 is 1. The highest BCUT2D eigenvalue weighted by molar-refractivity contribution is 4.90. The van der Waals surface area contributed by atoms with Crippen LogP contribution in [0, 0.1) is 5.92 Å². The molecule has 2 nitrogen and oxygen atoms in total. The molecule has 0 saturated heterocycles. The van der Waals surface area contributed by atoms with Gasteiger partial charge in [0.15, 0.2) is 0 Å². The van der Waals surface area contributed by atoms with Gasteiger partial charge < -0.3 is 10.1 Å². The van der Waals surface area contributed by atoms with Crippen LogP contribution in [0.1, 0.15) is 46.5 Å². The first-order chi connectivity index (χ1) is 6.56. The summed E-state index contributed by atoms with van der Waals surface area (Å²) in [5, 5.41) is 3.67. The van der Waals surface area contributed by atoms with Crippen molar-refractivity contribution >= 4 is 0 Å². The molecule has 14 heavy (non-hydrogen) atoms. The molecule has 0 aromatic heterocycles. The van der Waals surface area contributed by atoms with Gasteiger partial charge in [-0.25, -0.2) is 0 Å². The molecule has 84 valence electrons. The van der Waals surface area contributed by atoms with E-state index in [0.717, 1.165) is 12.5 Å². The minimum absolute atomic E-state index is 0.272. The highest BCUT2D eigenvalue weighted by Gasteiger charge is 2.32. The topological polar surface area (TPSA) is 21.3 Å². The second-order valence-electron chi connectivity index (χ2n) is 5.20. The SMILES string of the molecule is COCC(C)NC(C)(C)C1CCCC1. The van der Waals surface area contributed by atoms with Crippen LogP contribution in [0.15, 0.2) is 0 Å². The highest BCUT2D eigenvalue weighted by Crippen LogP contribution is 2.33. The lowest BCUT2D eigenvalue weighted by Crippen LogP contribution is -2.50. The van der Waals surface area contributed by atoms with Gasteiger partial charge in [0, 0.05) is 18.7 Å². The summed E-state index contributed by atoms with van der Waals surface area (Å²) in [5.74, 6) is 0.849. The number of hydrogen-bond acceptors (Lipinski definition) is 2. The molecule has 1 N–H and O–H groups in total. The Morgan fingerprint density at radius 1 is 1.36 bits per heavy atom. The van der Waals surface area contributed by atoms with Crippen LogP contribution in [0.25, 0.3) is 0 Å². The van der Waals surface area contributed by atoms with Gasteiger partial charge in [-0.05, 0) is 39.5 Å².